The Hall–Kier alpha value is -1.50. The molecule has 0 aromatic carbocycles. The molecular weight excluding hydrogens is 316 g/mol. The highest BCUT2D eigenvalue weighted by Gasteiger charge is 2.40. The van der Waals surface area contributed by atoms with Gasteiger partial charge in [0.1, 0.15) is 6.04 Å². The monoisotopic (exact) mass is 342 g/mol. The highest BCUT2D eigenvalue weighted by Crippen LogP contribution is 2.28. The van der Waals surface area contributed by atoms with Crippen LogP contribution in [0.15, 0.2) is 0 Å². The summed E-state index contributed by atoms with van der Waals surface area (Å²) in [4.78, 5) is 36.3. The van der Waals surface area contributed by atoms with Gasteiger partial charge in [-0.1, -0.05) is 26.1 Å². The van der Waals surface area contributed by atoms with Crippen LogP contribution in [0.2, 0.25) is 0 Å². The Labute approximate surface area is 142 Å². The van der Waals surface area contributed by atoms with Crippen molar-refractivity contribution in [3.63, 3.8) is 0 Å². The minimum absolute atomic E-state index is 0.108. The highest BCUT2D eigenvalue weighted by atomic mass is 32.1. The smallest absolute Gasteiger partial charge is 0.328 e. The molecule has 0 aromatic heterocycles. The second kappa shape index (κ2) is 7.86. The van der Waals surface area contributed by atoms with E-state index in [2.05, 4.69) is 10.6 Å². The fraction of sp³-hybridized carbons (Fsp3) is 0.750. The predicted molar refractivity (Wildman–Crippen MR) is 90.9 cm³/mol. The first-order chi connectivity index (χ1) is 10.6. The Balaban J connectivity index is 2.74. The number of thiocarbonyl (C=S) groups is 1. The van der Waals surface area contributed by atoms with Crippen LogP contribution in [0.3, 0.4) is 0 Å². The van der Waals surface area contributed by atoms with Crippen LogP contribution < -0.4 is 10.6 Å². The van der Waals surface area contributed by atoms with E-state index in [1.807, 2.05) is 27.7 Å². The van der Waals surface area contributed by atoms with Gasteiger partial charge in [0.25, 0.3) is 5.91 Å². The van der Waals surface area contributed by atoms with Gasteiger partial charge in [-0.05, 0) is 39.0 Å². The Morgan fingerprint density at radius 1 is 1.43 bits per heavy atom. The van der Waals surface area contributed by atoms with Crippen LogP contribution in [-0.2, 0) is 19.1 Å². The molecule has 23 heavy (non-hydrogen) atoms. The van der Waals surface area contributed by atoms with Crippen molar-refractivity contribution < 1.29 is 19.1 Å². The molecule has 0 bridgehead atoms. The van der Waals surface area contributed by atoms with Gasteiger partial charge in [0.2, 0.25) is 5.91 Å². The molecule has 7 heteroatoms. The normalized spacial score (nSPS) is 20.8. The van der Waals surface area contributed by atoms with Gasteiger partial charge in [-0.15, -0.1) is 0 Å². The lowest BCUT2D eigenvalue weighted by molar-refractivity contribution is -0.145. The number of carbonyl (C=O) groups is 3. The standard InChI is InChI=1S/C16H26N2O4S/c1-9(2)6-12(23)14(20)17-11(15(21)22-5)7-10-8-16(3,4)18-13(10)19/h9-11H,6-8H2,1-5H3,(H,17,20)(H,18,19). The molecule has 1 rings (SSSR count). The number of nitrogens with one attached hydrogen (secondary N) is 2. The van der Waals surface area contributed by atoms with Gasteiger partial charge in [-0.3, -0.25) is 9.59 Å². The van der Waals surface area contributed by atoms with E-state index >= 15 is 0 Å². The average Bonchev–Trinajstić information content (AvgIpc) is 2.68. The van der Waals surface area contributed by atoms with Gasteiger partial charge in [0, 0.05) is 11.5 Å². The number of ether oxygens (including phenoxy) is 1. The molecule has 1 saturated heterocycles. The van der Waals surface area contributed by atoms with Gasteiger partial charge in [-0.2, -0.15) is 0 Å². The Kier molecular flexibility index (Phi) is 6.68. The van der Waals surface area contributed by atoms with Crippen LogP contribution in [0.5, 0.6) is 0 Å². The maximum atomic E-state index is 12.1. The molecule has 1 aliphatic heterocycles. The molecule has 1 heterocycles. The van der Waals surface area contributed by atoms with E-state index in [0.717, 1.165) is 0 Å². The summed E-state index contributed by atoms with van der Waals surface area (Å²) in [5, 5.41) is 5.49. The van der Waals surface area contributed by atoms with Crippen molar-refractivity contribution in [2.75, 3.05) is 7.11 Å². The molecule has 2 amide bonds. The number of methoxy groups -OCH3 is 1. The van der Waals surface area contributed by atoms with Gasteiger partial charge in [-0.25, -0.2) is 4.79 Å². The van der Waals surface area contributed by atoms with Crippen LogP contribution >= 0.6 is 12.2 Å². The Morgan fingerprint density at radius 2 is 2.04 bits per heavy atom. The molecule has 1 aliphatic rings. The van der Waals surface area contributed by atoms with E-state index in [4.69, 9.17) is 17.0 Å². The first-order valence-corrected chi connectivity index (χ1v) is 8.20. The minimum Gasteiger partial charge on any atom is -0.467 e. The van der Waals surface area contributed by atoms with Gasteiger partial charge in [0.05, 0.1) is 12.0 Å². The summed E-state index contributed by atoms with van der Waals surface area (Å²) in [7, 11) is 1.26. The van der Waals surface area contributed by atoms with E-state index in [9.17, 15) is 14.4 Å². The SMILES string of the molecule is COC(=O)C(CC1CC(C)(C)NC1=O)NC(=O)C(=S)CC(C)C. The zero-order chi connectivity index (χ0) is 17.8. The van der Waals surface area contributed by atoms with Crippen molar-refractivity contribution >= 4 is 34.9 Å². The first-order valence-electron chi connectivity index (χ1n) is 7.79. The first kappa shape index (κ1) is 19.5. The van der Waals surface area contributed by atoms with E-state index in [0.29, 0.717) is 12.8 Å². The van der Waals surface area contributed by atoms with Crippen molar-refractivity contribution in [2.24, 2.45) is 11.8 Å². The van der Waals surface area contributed by atoms with Crippen LogP contribution in [0.1, 0.15) is 47.0 Å². The lowest BCUT2D eigenvalue weighted by atomic mass is 9.91. The van der Waals surface area contributed by atoms with Crippen molar-refractivity contribution in [2.45, 2.75) is 58.5 Å². The zero-order valence-electron chi connectivity index (χ0n) is 14.4. The van der Waals surface area contributed by atoms with E-state index < -0.39 is 17.9 Å². The van der Waals surface area contributed by atoms with Gasteiger partial charge < -0.3 is 15.4 Å². The molecule has 1 fully saturated rings. The molecule has 0 radical (unpaired) electrons. The van der Waals surface area contributed by atoms with Crippen molar-refractivity contribution in [3.8, 4) is 0 Å². The van der Waals surface area contributed by atoms with Crippen LogP contribution in [0.4, 0.5) is 0 Å². The maximum Gasteiger partial charge on any atom is 0.328 e. The Bertz CT molecular complexity index is 502. The summed E-state index contributed by atoms with van der Waals surface area (Å²) < 4.78 is 4.74. The molecular formula is C16H26N2O4S. The van der Waals surface area contributed by atoms with Crippen molar-refractivity contribution in [3.05, 3.63) is 0 Å². The molecule has 2 unspecified atom stereocenters. The van der Waals surface area contributed by atoms with Crippen molar-refractivity contribution in [1.29, 1.82) is 0 Å². The third-order valence-electron chi connectivity index (χ3n) is 3.75. The largest absolute Gasteiger partial charge is 0.467 e. The number of hydrogen-bond acceptors (Lipinski definition) is 5. The molecule has 130 valence electrons. The van der Waals surface area contributed by atoms with E-state index in [1.165, 1.54) is 7.11 Å². The summed E-state index contributed by atoms with van der Waals surface area (Å²) in [6, 6.07) is -0.873. The summed E-state index contributed by atoms with van der Waals surface area (Å²) in [5.74, 6) is -1.20. The lowest BCUT2D eigenvalue weighted by Gasteiger charge is -2.20. The molecule has 6 nitrogen and oxygen atoms in total. The molecule has 0 aliphatic carbocycles. The van der Waals surface area contributed by atoms with Crippen LogP contribution in [0.25, 0.3) is 0 Å². The average molecular weight is 342 g/mol. The molecule has 2 N–H and O–H groups in total. The Morgan fingerprint density at radius 3 is 2.48 bits per heavy atom. The molecule has 2 atom stereocenters. The third kappa shape index (κ3) is 5.89. The number of amides is 2. The fourth-order valence-corrected chi connectivity index (χ4v) is 3.12. The second-order valence-corrected chi connectivity index (χ2v) is 7.57. The summed E-state index contributed by atoms with van der Waals surface area (Å²) >= 11 is 5.09. The topological polar surface area (TPSA) is 84.5 Å². The van der Waals surface area contributed by atoms with Gasteiger partial charge in [0.15, 0.2) is 0 Å². The maximum absolute atomic E-state index is 12.1. The summed E-state index contributed by atoms with van der Waals surface area (Å²) in [5.41, 5.74) is -0.306. The van der Waals surface area contributed by atoms with E-state index in [1.54, 1.807) is 0 Å². The number of esters is 1. The fourth-order valence-electron chi connectivity index (χ4n) is 2.73. The van der Waals surface area contributed by atoms with Crippen molar-refractivity contribution in [1.82, 2.24) is 10.6 Å². The predicted octanol–water partition coefficient (Wildman–Crippen LogP) is 1.36. The quantitative estimate of drug-likeness (QED) is 0.539. The number of carbonyl (C=O) groups excluding carboxylic acids is 3. The summed E-state index contributed by atoms with van der Waals surface area (Å²) in [6.07, 6.45) is 1.29. The molecule has 0 saturated carbocycles. The van der Waals surface area contributed by atoms with Crippen LogP contribution in [0, 0.1) is 11.8 Å². The highest BCUT2D eigenvalue weighted by molar-refractivity contribution is 7.82. The van der Waals surface area contributed by atoms with Gasteiger partial charge >= 0.3 is 5.97 Å². The molecule has 0 aromatic rings. The second-order valence-electron chi connectivity index (χ2n) is 7.08. The third-order valence-corrected chi connectivity index (χ3v) is 4.10. The lowest BCUT2D eigenvalue weighted by Crippen LogP contribution is -2.45. The number of hydrogen-bond donors (Lipinski definition) is 2. The molecule has 0 spiro atoms. The minimum atomic E-state index is -0.873. The zero-order valence-corrected chi connectivity index (χ0v) is 15.2. The number of rotatable bonds is 7. The van der Waals surface area contributed by atoms with E-state index in [-0.39, 0.29) is 34.6 Å². The van der Waals surface area contributed by atoms with Crippen LogP contribution in [-0.4, -0.2) is 41.3 Å². The summed E-state index contributed by atoms with van der Waals surface area (Å²) in [6.45, 7) is 7.77.